The second kappa shape index (κ2) is 8.44. The first kappa shape index (κ1) is 18.7. The minimum absolute atomic E-state index is 0.0674. The number of carboxylic acid groups (broad SMARTS) is 1. The van der Waals surface area contributed by atoms with Crippen molar-refractivity contribution in [1.29, 1.82) is 0 Å². The minimum Gasteiger partial charge on any atom is -0.480 e. The lowest BCUT2D eigenvalue weighted by Crippen LogP contribution is -2.48. The minimum atomic E-state index is -3.12. The standard InChI is InChI=1S/C16H30N2O4S/c1-2-23(21,22)18-11-8-15(9-12-18)17(13-16(19)20)10-7-14-5-3-4-6-14/h14-15H,2-13H2,1H3,(H,19,20). The molecule has 0 bridgehead atoms. The maximum Gasteiger partial charge on any atom is 0.317 e. The highest BCUT2D eigenvalue weighted by Crippen LogP contribution is 2.28. The molecule has 0 aromatic carbocycles. The maximum atomic E-state index is 11.9. The van der Waals surface area contributed by atoms with Crippen molar-refractivity contribution >= 4 is 16.0 Å². The van der Waals surface area contributed by atoms with E-state index in [-0.39, 0.29) is 18.3 Å². The summed E-state index contributed by atoms with van der Waals surface area (Å²) in [6, 6.07) is 0.191. The van der Waals surface area contributed by atoms with E-state index < -0.39 is 16.0 Å². The van der Waals surface area contributed by atoms with E-state index in [0.717, 1.165) is 31.7 Å². The highest BCUT2D eigenvalue weighted by atomic mass is 32.2. The van der Waals surface area contributed by atoms with Gasteiger partial charge in [0.15, 0.2) is 0 Å². The zero-order valence-electron chi connectivity index (χ0n) is 14.1. The Morgan fingerprint density at radius 3 is 2.30 bits per heavy atom. The number of hydrogen-bond acceptors (Lipinski definition) is 4. The van der Waals surface area contributed by atoms with E-state index >= 15 is 0 Å². The van der Waals surface area contributed by atoms with Crippen molar-refractivity contribution in [2.45, 2.75) is 57.9 Å². The molecule has 0 amide bonds. The molecule has 2 fully saturated rings. The van der Waals surface area contributed by atoms with Gasteiger partial charge >= 0.3 is 5.97 Å². The first-order valence-corrected chi connectivity index (χ1v) is 10.5. The third-order valence-electron chi connectivity index (χ3n) is 5.34. The third kappa shape index (κ3) is 5.43. The summed E-state index contributed by atoms with van der Waals surface area (Å²) < 4.78 is 25.4. The summed E-state index contributed by atoms with van der Waals surface area (Å²) in [4.78, 5) is 13.2. The quantitative estimate of drug-likeness (QED) is 0.725. The second-order valence-electron chi connectivity index (χ2n) is 6.83. The van der Waals surface area contributed by atoms with Crippen LogP contribution < -0.4 is 0 Å². The normalized spacial score (nSPS) is 22.0. The fraction of sp³-hybridized carbons (Fsp3) is 0.938. The molecule has 6 nitrogen and oxygen atoms in total. The molecule has 1 N–H and O–H groups in total. The van der Waals surface area contributed by atoms with Crippen molar-refractivity contribution in [3.05, 3.63) is 0 Å². The summed E-state index contributed by atoms with van der Waals surface area (Å²) in [7, 11) is -3.12. The summed E-state index contributed by atoms with van der Waals surface area (Å²) >= 11 is 0. The van der Waals surface area contributed by atoms with E-state index in [1.165, 1.54) is 25.7 Å². The number of aliphatic carboxylic acids is 1. The molecule has 0 radical (unpaired) electrons. The van der Waals surface area contributed by atoms with Crippen LogP contribution in [0.3, 0.4) is 0 Å². The Morgan fingerprint density at radius 1 is 1.17 bits per heavy atom. The number of nitrogens with zero attached hydrogens (tertiary/aromatic N) is 2. The van der Waals surface area contributed by atoms with Gasteiger partial charge in [0.2, 0.25) is 10.0 Å². The molecule has 7 heteroatoms. The van der Waals surface area contributed by atoms with Gasteiger partial charge in [-0.25, -0.2) is 12.7 Å². The number of rotatable bonds is 8. The van der Waals surface area contributed by atoms with E-state index in [1.54, 1.807) is 11.2 Å². The Morgan fingerprint density at radius 2 is 1.78 bits per heavy atom. The molecule has 1 aliphatic carbocycles. The fourth-order valence-corrected chi connectivity index (χ4v) is 5.01. The lowest BCUT2D eigenvalue weighted by molar-refractivity contribution is -0.139. The van der Waals surface area contributed by atoms with Gasteiger partial charge in [-0.3, -0.25) is 9.69 Å². The average molecular weight is 346 g/mol. The van der Waals surface area contributed by atoms with Crippen molar-refractivity contribution in [3.8, 4) is 0 Å². The van der Waals surface area contributed by atoms with Crippen LogP contribution >= 0.6 is 0 Å². The zero-order chi connectivity index (χ0) is 16.9. The Bertz CT molecular complexity index is 480. The summed E-state index contributed by atoms with van der Waals surface area (Å²) in [5.41, 5.74) is 0. The zero-order valence-corrected chi connectivity index (χ0v) is 14.9. The predicted molar refractivity (Wildman–Crippen MR) is 89.8 cm³/mol. The van der Waals surface area contributed by atoms with Gasteiger partial charge in [0.25, 0.3) is 0 Å². The van der Waals surface area contributed by atoms with Crippen LogP contribution in [-0.4, -0.2) is 66.7 Å². The van der Waals surface area contributed by atoms with Gasteiger partial charge in [-0.15, -0.1) is 0 Å². The van der Waals surface area contributed by atoms with Crippen LogP contribution in [0, 0.1) is 5.92 Å². The Balaban J connectivity index is 1.88. The van der Waals surface area contributed by atoms with Crippen molar-refractivity contribution in [2.75, 3.05) is 31.9 Å². The number of carbonyl (C=O) groups is 1. The van der Waals surface area contributed by atoms with Crippen molar-refractivity contribution < 1.29 is 18.3 Å². The molecule has 1 heterocycles. The lowest BCUT2D eigenvalue weighted by Gasteiger charge is -2.37. The van der Waals surface area contributed by atoms with Gasteiger partial charge in [-0.1, -0.05) is 25.7 Å². The SMILES string of the molecule is CCS(=O)(=O)N1CCC(N(CCC2CCCC2)CC(=O)O)CC1. The smallest absolute Gasteiger partial charge is 0.317 e. The predicted octanol–water partition coefficient (Wildman–Crippen LogP) is 1.77. The van der Waals surface area contributed by atoms with Crippen LogP contribution in [0.25, 0.3) is 0 Å². The summed E-state index contributed by atoms with van der Waals surface area (Å²) in [6.07, 6.45) is 7.69. The fourth-order valence-electron chi connectivity index (χ4n) is 3.88. The van der Waals surface area contributed by atoms with Crippen molar-refractivity contribution in [2.24, 2.45) is 5.92 Å². The molecule has 0 aromatic heterocycles. The van der Waals surface area contributed by atoms with Gasteiger partial charge in [0, 0.05) is 19.1 Å². The van der Waals surface area contributed by atoms with E-state index in [0.29, 0.717) is 13.1 Å². The molecule has 1 saturated carbocycles. The van der Waals surface area contributed by atoms with Gasteiger partial charge in [0.1, 0.15) is 0 Å². The molecule has 134 valence electrons. The molecule has 0 atom stereocenters. The highest BCUT2D eigenvalue weighted by molar-refractivity contribution is 7.89. The summed E-state index contributed by atoms with van der Waals surface area (Å²) in [6.45, 7) is 3.58. The van der Waals surface area contributed by atoms with E-state index in [2.05, 4.69) is 4.90 Å². The van der Waals surface area contributed by atoms with Gasteiger partial charge in [-0.05, 0) is 38.6 Å². The Hall–Kier alpha value is -0.660. The molecule has 2 aliphatic rings. The van der Waals surface area contributed by atoms with Gasteiger partial charge in [-0.2, -0.15) is 0 Å². The lowest BCUT2D eigenvalue weighted by atomic mass is 10.0. The van der Waals surface area contributed by atoms with Crippen LogP contribution in [-0.2, 0) is 14.8 Å². The van der Waals surface area contributed by atoms with Crippen LogP contribution in [0.15, 0.2) is 0 Å². The first-order chi connectivity index (χ1) is 10.9. The van der Waals surface area contributed by atoms with Crippen molar-refractivity contribution in [3.63, 3.8) is 0 Å². The average Bonchev–Trinajstić information content (AvgIpc) is 3.04. The van der Waals surface area contributed by atoms with E-state index in [4.69, 9.17) is 0 Å². The van der Waals surface area contributed by atoms with Gasteiger partial charge in [0.05, 0.1) is 12.3 Å². The van der Waals surface area contributed by atoms with E-state index in [9.17, 15) is 18.3 Å². The molecule has 1 aliphatic heterocycles. The Labute approximate surface area is 139 Å². The monoisotopic (exact) mass is 346 g/mol. The maximum absolute atomic E-state index is 11.9. The molecule has 0 aromatic rings. The van der Waals surface area contributed by atoms with Crippen LogP contribution in [0.2, 0.25) is 0 Å². The van der Waals surface area contributed by atoms with Crippen LogP contribution in [0.1, 0.15) is 51.9 Å². The molecule has 2 rings (SSSR count). The van der Waals surface area contributed by atoms with Crippen molar-refractivity contribution in [1.82, 2.24) is 9.21 Å². The highest BCUT2D eigenvalue weighted by Gasteiger charge is 2.30. The first-order valence-electron chi connectivity index (χ1n) is 8.86. The number of piperidine rings is 1. The summed E-state index contributed by atoms with van der Waals surface area (Å²) in [5.74, 6) is 0.0879. The molecule has 1 saturated heterocycles. The number of sulfonamides is 1. The van der Waals surface area contributed by atoms with Gasteiger partial charge < -0.3 is 5.11 Å². The summed E-state index contributed by atoms with van der Waals surface area (Å²) in [5, 5.41) is 9.18. The number of hydrogen-bond donors (Lipinski definition) is 1. The second-order valence-corrected chi connectivity index (χ2v) is 9.09. The molecule has 0 unspecified atom stereocenters. The Kier molecular flexibility index (Phi) is 6.85. The molecular formula is C16H30N2O4S. The molecular weight excluding hydrogens is 316 g/mol. The topological polar surface area (TPSA) is 77.9 Å². The van der Waals surface area contributed by atoms with E-state index in [1.807, 2.05) is 0 Å². The van der Waals surface area contributed by atoms with Crippen LogP contribution in [0.5, 0.6) is 0 Å². The van der Waals surface area contributed by atoms with Crippen LogP contribution in [0.4, 0.5) is 0 Å². The molecule has 23 heavy (non-hydrogen) atoms. The number of carboxylic acids is 1. The third-order valence-corrected chi connectivity index (χ3v) is 7.22. The molecule has 0 spiro atoms. The largest absolute Gasteiger partial charge is 0.480 e.